The van der Waals surface area contributed by atoms with Crippen LogP contribution in [0.25, 0.3) is 0 Å². The van der Waals surface area contributed by atoms with Crippen LogP contribution in [0.1, 0.15) is 48.0 Å². The van der Waals surface area contributed by atoms with Gasteiger partial charge in [0.1, 0.15) is 6.10 Å². The van der Waals surface area contributed by atoms with Gasteiger partial charge in [-0.1, -0.05) is 0 Å². The van der Waals surface area contributed by atoms with Gasteiger partial charge in [-0.3, -0.25) is 28.8 Å². The predicted octanol–water partition coefficient (Wildman–Crippen LogP) is -0.00310. The highest BCUT2D eigenvalue weighted by atomic mass is 16.7. The summed E-state index contributed by atoms with van der Waals surface area (Å²) in [6, 6.07) is 0. The van der Waals surface area contributed by atoms with Gasteiger partial charge >= 0.3 is 35.8 Å². The first-order valence-corrected chi connectivity index (χ1v) is 10.4. The van der Waals surface area contributed by atoms with Crippen LogP contribution < -0.4 is 0 Å². The number of ether oxygens (including phenoxy) is 7. The van der Waals surface area contributed by atoms with E-state index in [0.717, 1.165) is 34.6 Å². The van der Waals surface area contributed by atoms with Gasteiger partial charge in [0.25, 0.3) is 0 Å². The Kier molecular flexibility index (Phi) is 11.4. The SMILES string of the molecule is CC(=O)OCCCO[C@@H]1C(OC(C)=O)C(OC(C)=O)[C@H](OC(C)=O)C(OC(C)=O)[C@@H]1OC(C)=O. The van der Waals surface area contributed by atoms with E-state index in [9.17, 15) is 28.8 Å². The molecule has 1 fully saturated rings. The van der Waals surface area contributed by atoms with Gasteiger partial charge in [0.15, 0.2) is 30.5 Å². The van der Waals surface area contributed by atoms with E-state index < -0.39 is 72.4 Å². The van der Waals surface area contributed by atoms with Crippen LogP contribution in [0.15, 0.2) is 0 Å². The smallest absolute Gasteiger partial charge is 0.303 e. The van der Waals surface area contributed by atoms with Crippen molar-refractivity contribution >= 4 is 35.8 Å². The first-order chi connectivity index (χ1) is 15.8. The third-order valence-electron chi connectivity index (χ3n) is 4.36. The fourth-order valence-electron chi connectivity index (χ4n) is 3.43. The lowest BCUT2D eigenvalue weighted by Crippen LogP contribution is -2.68. The number of hydrogen-bond acceptors (Lipinski definition) is 13. The number of hydrogen-bond donors (Lipinski definition) is 0. The van der Waals surface area contributed by atoms with Gasteiger partial charge < -0.3 is 33.2 Å². The maximum Gasteiger partial charge on any atom is 0.303 e. The van der Waals surface area contributed by atoms with E-state index in [0.29, 0.717) is 0 Å². The van der Waals surface area contributed by atoms with Gasteiger partial charge in [-0.25, -0.2) is 0 Å². The fraction of sp³-hybridized carbons (Fsp3) is 0.714. The summed E-state index contributed by atoms with van der Waals surface area (Å²) in [6.45, 7) is 6.55. The minimum atomic E-state index is -1.50. The summed E-state index contributed by atoms with van der Waals surface area (Å²) in [6.07, 6.45) is -8.39. The zero-order valence-corrected chi connectivity index (χ0v) is 19.9. The first kappa shape index (κ1) is 28.8. The zero-order chi connectivity index (χ0) is 26.0. The fourth-order valence-corrected chi connectivity index (χ4v) is 3.43. The minimum Gasteiger partial charge on any atom is -0.466 e. The molecule has 1 aliphatic carbocycles. The second-order valence-electron chi connectivity index (χ2n) is 7.40. The van der Waals surface area contributed by atoms with Gasteiger partial charge in [0, 0.05) is 48.0 Å². The van der Waals surface area contributed by atoms with Crippen molar-refractivity contribution in [3.05, 3.63) is 0 Å². The van der Waals surface area contributed by atoms with Crippen LogP contribution in [0.2, 0.25) is 0 Å². The molecule has 0 aromatic heterocycles. The second kappa shape index (κ2) is 13.5. The molecule has 1 aliphatic rings. The van der Waals surface area contributed by atoms with E-state index in [-0.39, 0.29) is 19.6 Å². The molecule has 0 aromatic rings. The van der Waals surface area contributed by atoms with Crippen molar-refractivity contribution in [3.8, 4) is 0 Å². The Morgan fingerprint density at radius 1 is 0.441 bits per heavy atom. The molecule has 0 bridgehead atoms. The summed E-state index contributed by atoms with van der Waals surface area (Å²) in [5, 5.41) is 0. The van der Waals surface area contributed by atoms with Gasteiger partial charge in [-0.15, -0.1) is 0 Å². The van der Waals surface area contributed by atoms with Gasteiger partial charge in [-0.2, -0.15) is 0 Å². The average Bonchev–Trinajstić information content (AvgIpc) is 2.67. The van der Waals surface area contributed by atoms with Crippen molar-refractivity contribution in [1.29, 1.82) is 0 Å². The third-order valence-corrected chi connectivity index (χ3v) is 4.36. The normalized spacial score (nSPS) is 25.9. The zero-order valence-electron chi connectivity index (χ0n) is 19.9. The Morgan fingerprint density at radius 3 is 1.00 bits per heavy atom. The highest BCUT2D eigenvalue weighted by Crippen LogP contribution is 2.34. The van der Waals surface area contributed by atoms with E-state index >= 15 is 0 Å². The molecule has 0 radical (unpaired) electrons. The molecule has 1 saturated carbocycles. The summed E-state index contributed by atoms with van der Waals surface area (Å²) in [4.78, 5) is 70.2. The van der Waals surface area contributed by atoms with Crippen molar-refractivity contribution in [3.63, 3.8) is 0 Å². The molecule has 192 valence electrons. The maximum atomic E-state index is 11.9. The van der Waals surface area contributed by atoms with Crippen molar-refractivity contribution in [2.24, 2.45) is 0 Å². The molecule has 34 heavy (non-hydrogen) atoms. The highest BCUT2D eigenvalue weighted by molar-refractivity contribution is 5.70. The van der Waals surface area contributed by atoms with Crippen molar-refractivity contribution in [1.82, 2.24) is 0 Å². The van der Waals surface area contributed by atoms with E-state index in [1.54, 1.807) is 0 Å². The summed E-state index contributed by atoms with van der Waals surface area (Å²) in [5.74, 6) is -4.57. The van der Waals surface area contributed by atoms with Crippen molar-refractivity contribution in [2.75, 3.05) is 13.2 Å². The number of carbonyl (C=O) groups is 6. The topological polar surface area (TPSA) is 167 Å². The average molecular weight is 490 g/mol. The molecule has 1 rings (SSSR count). The van der Waals surface area contributed by atoms with Crippen molar-refractivity contribution in [2.45, 2.75) is 84.6 Å². The standard InChI is InChI=1S/C21H30O13/c1-10(22)28-8-7-9-29-16-17(30-11(2)23)19(32-13(4)25)21(34-15(6)27)20(33-14(5)26)18(16)31-12(3)24/h16-21H,7-9H2,1-6H3/t16-,17+,18?,19?,20?,21+/m0/s1. The maximum absolute atomic E-state index is 11.9. The lowest BCUT2D eigenvalue weighted by molar-refractivity contribution is -0.262. The molecule has 13 nitrogen and oxygen atoms in total. The van der Waals surface area contributed by atoms with Gasteiger partial charge in [0.2, 0.25) is 0 Å². The number of carbonyl (C=O) groups excluding carboxylic acids is 6. The molecule has 0 aromatic carbocycles. The molecule has 6 atom stereocenters. The Morgan fingerprint density at radius 2 is 0.735 bits per heavy atom. The molecule has 0 heterocycles. The van der Waals surface area contributed by atoms with E-state index in [4.69, 9.17) is 33.2 Å². The summed E-state index contributed by atoms with van der Waals surface area (Å²) < 4.78 is 37.2. The lowest BCUT2D eigenvalue weighted by Gasteiger charge is -2.47. The van der Waals surface area contributed by atoms with Crippen LogP contribution in [0.5, 0.6) is 0 Å². The molecule has 3 unspecified atom stereocenters. The molecular formula is C21H30O13. The van der Waals surface area contributed by atoms with E-state index in [1.807, 2.05) is 0 Å². The van der Waals surface area contributed by atoms with Gasteiger partial charge in [-0.05, 0) is 0 Å². The van der Waals surface area contributed by atoms with E-state index in [2.05, 4.69) is 0 Å². The molecule has 0 N–H and O–H groups in total. The molecule has 0 saturated heterocycles. The molecule has 13 heteroatoms. The van der Waals surface area contributed by atoms with Crippen LogP contribution in [-0.4, -0.2) is 85.7 Å². The quantitative estimate of drug-likeness (QED) is 0.228. The predicted molar refractivity (Wildman–Crippen MR) is 109 cm³/mol. The summed E-state index contributed by atoms with van der Waals surface area (Å²) in [7, 11) is 0. The van der Waals surface area contributed by atoms with E-state index in [1.165, 1.54) is 6.92 Å². The van der Waals surface area contributed by atoms with Crippen molar-refractivity contribution < 1.29 is 61.9 Å². The molecule has 0 spiro atoms. The van der Waals surface area contributed by atoms with Crippen LogP contribution >= 0.6 is 0 Å². The van der Waals surface area contributed by atoms with Crippen LogP contribution in [0.3, 0.4) is 0 Å². The Hall–Kier alpha value is -3.22. The van der Waals surface area contributed by atoms with Crippen LogP contribution in [0.4, 0.5) is 0 Å². The Balaban J connectivity index is 3.48. The Labute approximate surface area is 196 Å². The van der Waals surface area contributed by atoms with Crippen LogP contribution in [-0.2, 0) is 61.9 Å². The largest absolute Gasteiger partial charge is 0.466 e. The molecule has 0 aliphatic heterocycles. The van der Waals surface area contributed by atoms with Crippen LogP contribution in [0, 0.1) is 0 Å². The third kappa shape index (κ3) is 9.33. The second-order valence-corrected chi connectivity index (χ2v) is 7.40. The number of esters is 6. The molecular weight excluding hydrogens is 460 g/mol. The monoisotopic (exact) mass is 490 g/mol. The number of rotatable bonds is 10. The summed E-state index contributed by atoms with van der Waals surface area (Å²) >= 11 is 0. The summed E-state index contributed by atoms with van der Waals surface area (Å²) in [5.41, 5.74) is 0. The lowest BCUT2D eigenvalue weighted by atomic mass is 9.83. The highest BCUT2D eigenvalue weighted by Gasteiger charge is 2.59. The minimum absolute atomic E-state index is 0.00927. The Bertz CT molecular complexity index is 733. The van der Waals surface area contributed by atoms with Gasteiger partial charge in [0.05, 0.1) is 13.2 Å². The first-order valence-electron chi connectivity index (χ1n) is 10.4. The molecule has 0 amide bonds.